The molecule has 5 nitrogen and oxygen atoms in total. The molecule has 0 aliphatic carbocycles. The summed E-state index contributed by atoms with van der Waals surface area (Å²) in [6.45, 7) is 2.71. The molecule has 0 atom stereocenters. The summed E-state index contributed by atoms with van der Waals surface area (Å²) in [4.78, 5) is 25.9. The molecular formula is C13H15FN2O3. The van der Waals surface area contributed by atoms with Crippen molar-refractivity contribution in [2.24, 2.45) is 5.92 Å². The number of benzene rings is 1. The first-order valence-electron chi connectivity index (χ1n) is 6.07. The lowest BCUT2D eigenvalue weighted by atomic mass is 10.0. The Balaban J connectivity index is 2.04. The minimum atomic E-state index is -0.881. The highest BCUT2D eigenvalue weighted by molar-refractivity contribution is 5.93. The number of amides is 2. The van der Waals surface area contributed by atoms with E-state index in [0.29, 0.717) is 12.2 Å². The molecule has 1 aliphatic rings. The fraction of sp³-hybridized carbons (Fsp3) is 0.385. The number of anilines is 1. The van der Waals surface area contributed by atoms with Crippen LogP contribution in [0.25, 0.3) is 0 Å². The molecule has 1 N–H and O–H groups in total. The van der Waals surface area contributed by atoms with Gasteiger partial charge in [0.25, 0.3) is 0 Å². The highest BCUT2D eigenvalue weighted by Crippen LogP contribution is 2.22. The Morgan fingerprint density at radius 2 is 1.95 bits per heavy atom. The first-order valence-corrected chi connectivity index (χ1v) is 6.07. The van der Waals surface area contributed by atoms with E-state index in [0.717, 1.165) is 0 Å². The summed E-state index contributed by atoms with van der Waals surface area (Å²) in [7, 11) is 0. The minimum Gasteiger partial charge on any atom is -0.481 e. The van der Waals surface area contributed by atoms with Gasteiger partial charge in [0.2, 0.25) is 0 Å². The van der Waals surface area contributed by atoms with Gasteiger partial charge in [0, 0.05) is 25.3 Å². The van der Waals surface area contributed by atoms with E-state index >= 15 is 0 Å². The first-order chi connectivity index (χ1) is 9.02. The summed E-state index contributed by atoms with van der Waals surface area (Å²) in [6.07, 6.45) is 0. The van der Waals surface area contributed by atoms with Gasteiger partial charge in [-0.2, -0.15) is 0 Å². The molecule has 1 aromatic rings. The van der Waals surface area contributed by atoms with Crippen molar-refractivity contribution in [3.63, 3.8) is 0 Å². The van der Waals surface area contributed by atoms with Gasteiger partial charge in [-0.3, -0.25) is 9.69 Å². The topological polar surface area (TPSA) is 60.9 Å². The molecule has 0 unspecified atom stereocenters. The van der Waals surface area contributed by atoms with Crippen LogP contribution in [0.4, 0.5) is 14.9 Å². The van der Waals surface area contributed by atoms with Crippen molar-refractivity contribution in [1.29, 1.82) is 0 Å². The van der Waals surface area contributed by atoms with E-state index in [-0.39, 0.29) is 24.9 Å². The maximum atomic E-state index is 12.9. The monoisotopic (exact) mass is 266 g/mol. The molecule has 0 aromatic heterocycles. The smallest absolute Gasteiger partial charge is 0.324 e. The van der Waals surface area contributed by atoms with Crippen LogP contribution in [0.3, 0.4) is 0 Å². The number of carbonyl (C=O) groups excluding carboxylic acids is 1. The van der Waals surface area contributed by atoms with Crippen LogP contribution in [0, 0.1) is 11.7 Å². The zero-order valence-electron chi connectivity index (χ0n) is 10.5. The normalized spacial score (nSPS) is 14.9. The molecule has 2 amide bonds. The Morgan fingerprint density at radius 3 is 2.42 bits per heavy atom. The zero-order chi connectivity index (χ0) is 14.0. The summed E-state index contributed by atoms with van der Waals surface area (Å²) in [5.41, 5.74) is 0.604. The van der Waals surface area contributed by atoms with Gasteiger partial charge in [-0.15, -0.1) is 0 Å². The number of likely N-dealkylation sites (tertiary alicyclic amines) is 1. The highest BCUT2D eigenvalue weighted by atomic mass is 19.1. The average Bonchev–Trinajstić information content (AvgIpc) is 2.30. The first kappa shape index (κ1) is 13.3. The fourth-order valence-corrected chi connectivity index (χ4v) is 2.01. The zero-order valence-corrected chi connectivity index (χ0v) is 10.5. The molecule has 6 heteroatoms. The molecular weight excluding hydrogens is 251 g/mol. The third-order valence-electron chi connectivity index (χ3n) is 3.19. The Kier molecular flexibility index (Phi) is 3.69. The van der Waals surface area contributed by atoms with Crippen LogP contribution in [0.5, 0.6) is 0 Å². The van der Waals surface area contributed by atoms with Crippen LogP contribution in [-0.4, -0.2) is 41.6 Å². The molecule has 0 spiro atoms. The second-order valence-corrected chi connectivity index (χ2v) is 4.44. The fourth-order valence-electron chi connectivity index (χ4n) is 2.01. The van der Waals surface area contributed by atoms with Crippen LogP contribution in [-0.2, 0) is 4.79 Å². The van der Waals surface area contributed by atoms with E-state index in [1.54, 1.807) is 0 Å². The number of halogens is 1. The van der Waals surface area contributed by atoms with E-state index in [1.165, 1.54) is 34.1 Å². The lowest BCUT2D eigenvalue weighted by Crippen LogP contribution is -2.57. The molecule has 1 heterocycles. The summed E-state index contributed by atoms with van der Waals surface area (Å²) in [5.74, 6) is -1.72. The molecule has 0 bridgehead atoms. The van der Waals surface area contributed by atoms with Gasteiger partial charge in [-0.1, -0.05) is 0 Å². The van der Waals surface area contributed by atoms with E-state index in [4.69, 9.17) is 5.11 Å². The van der Waals surface area contributed by atoms with Crippen molar-refractivity contribution < 1.29 is 19.1 Å². The van der Waals surface area contributed by atoms with E-state index in [2.05, 4.69) is 0 Å². The Morgan fingerprint density at radius 1 is 1.37 bits per heavy atom. The van der Waals surface area contributed by atoms with Gasteiger partial charge in [-0.05, 0) is 31.2 Å². The Hall–Kier alpha value is -2.11. The number of rotatable bonds is 3. The van der Waals surface area contributed by atoms with Gasteiger partial charge in [-0.25, -0.2) is 9.18 Å². The number of nitrogens with zero attached hydrogens (tertiary/aromatic N) is 2. The minimum absolute atomic E-state index is 0.228. The maximum absolute atomic E-state index is 12.9. The van der Waals surface area contributed by atoms with E-state index in [9.17, 15) is 14.0 Å². The molecule has 0 saturated carbocycles. The number of carboxylic acid groups (broad SMARTS) is 1. The summed E-state index contributed by atoms with van der Waals surface area (Å²) in [5, 5.41) is 8.78. The number of carbonyl (C=O) groups is 2. The van der Waals surface area contributed by atoms with E-state index < -0.39 is 11.9 Å². The van der Waals surface area contributed by atoms with Gasteiger partial charge < -0.3 is 10.0 Å². The van der Waals surface area contributed by atoms with E-state index in [1.807, 2.05) is 6.92 Å². The van der Waals surface area contributed by atoms with Crippen molar-refractivity contribution in [1.82, 2.24) is 4.90 Å². The molecule has 102 valence electrons. The predicted molar refractivity (Wildman–Crippen MR) is 67.5 cm³/mol. The standard InChI is InChI=1S/C13H15FN2O3/c1-2-16(11-5-3-10(14)4-6-11)13(19)15-7-9(8-15)12(17)18/h3-6,9H,2,7-8H2,1H3,(H,17,18). The predicted octanol–water partition coefficient (Wildman–Crippen LogP) is 1.79. The average molecular weight is 266 g/mol. The second kappa shape index (κ2) is 5.26. The Bertz CT molecular complexity index is 483. The molecule has 1 aliphatic heterocycles. The van der Waals surface area contributed by atoms with Crippen LogP contribution in [0.2, 0.25) is 0 Å². The van der Waals surface area contributed by atoms with Gasteiger partial charge in [0.05, 0.1) is 5.92 Å². The number of carboxylic acids is 1. The maximum Gasteiger partial charge on any atom is 0.324 e. The molecule has 1 aromatic carbocycles. The van der Waals surface area contributed by atoms with Crippen LogP contribution in [0.1, 0.15) is 6.92 Å². The van der Waals surface area contributed by atoms with Crippen molar-refractivity contribution in [3.8, 4) is 0 Å². The third-order valence-corrected chi connectivity index (χ3v) is 3.19. The lowest BCUT2D eigenvalue weighted by molar-refractivity contribution is -0.146. The van der Waals surface area contributed by atoms with Gasteiger partial charge in [0.15, 0.2) is 0 Å². The number of urea groups is 1. The van der Waals surface area contributed by atoms with Crippen molar-refractivity contribution in [2.45, 2.75) is 6.92 Å². The van der Waals surface area contributed by atoms with Crippen LogP contribution in [0.15, 0.2) is 24.3 Å². The summed E-state index contributed by atoms with van der Waals surface area (Å²) >= 11 is 0. The summed E-state index contributed by atoms with van der Waals surface area (Å²) in [6, 6.07) is 5.41. The lowest BCUT2D eigenvalue weighted by Gasteiger charge is -2.39. The highest BCUT2D eigenvalue weighted by Gasteiger charge is 2.37. The molecule has 19 heavy (non-hydrogen) atoms. The van der Waals surface area contributed by atoms with Crippen molar-refractivity contribution in [3.05, 3.63) is 30.1 Å². The summed E-state index contributed by atoms with van der Waals surface area (Å²) < 4.78 is 12.9. The van der Waals surface area contributed by atoms with Crippen LogP contribution >= 0.6 is 0 Å². The molecule has 0 radical (unpaired) electrons. The van der Waals surface area contributed by atoms with Crippen molar-refractivity contribution >= 4 is 17.7 Å². The quantitative estimate of drug-likeness (QED) is 0.907. The second-order valence-electron chi connectivity index (χ2n) is 4.44. The van der Waals surface area contributed by atoms with Crippen molar-refractivity contribution in [2.75, 3.05) is 24.5 Å². The Labute approximate surface area is 110 Å². The van der Waals surface area contributed by atoms with Crippen LogP contribution < -0.4 is 4.90 Å². The molecule has 1 saturated heterocycles. The molecule has 1 fully saturated rings. The third kappa shape index (κ3) is 2.67. The van der Waals surface area contributed by atoms with Gasteiger partial charge in [0.1, 0.15) is 5.82 Å². The largest absolute Gasteiger partial charge is 0.481 e. The number of hydrogen-bond acceptors (Lipinski definition) is 2. The SMILES string of the molecule is CCN(C(=O)N1CC(C(=O)O)C1)c1ccc(F)cc1. The molecule has 2 rings (SSSR count). The number of aliphatic carboxylic acids is 1. The van der Waals surface area contributed by atoms with Gasteiger partial charge >= 0.3 is 12.0 Å². The number of hydrogen-bond donors (Lipinski definition) is 1.